The molecule has 1 N–H and O–H groups in total. The topological polar surface area (TPSA) is 48.1 Å². The third kappa shape index (κ3) is 5.69. The maximum absolute atomic E-state index is 12.3. The zero-order valence-corrected chi connectivity index (χ0v) is 15.1. The van der Waals surface area contributed by atoms with Gasteiger partial charge in [-0.05, 0) is 32.1 Å². The van der Waals surface area contributed by atoms with E-state index in [1.165, 1.54) is 0 Å². The Morgan fingerprint density at radius 2 is 1.92 bits per heavy atom. The van der Waals surface area contributed by atoms with Crippen LogP contribution in [0.1, 0.15) is 5.56 Å². The van der Waals surface area contributed by atoms with E-state index in [-0.39, 0.29) is 6.03 Å². The second-order valence-electron chi connectivity index (χ2n) is 6.43. The number of hydrogen-bond acceptors (Lipinski definition) is 4. The molecule has 24 heavy (non-hydrogen) atoms. The van der Waals surface area contributed by atoms with E-state index in [0.29, 0.717) is 6.54 Å². The molecule has 6 heteroatoms. The molecule has 1 saturated heterocycles. The number of nitrogens with one attached hydrogen (secondary N) is 1. The van der Waals surface area contributed by atoms with Gasteiger partial charge in [0.15, 0.2) is 0 Å². The Balaban J connectivity index is 1.68. The van der Waals surface area contributed by atoms with Crippen molar-refractivity contribution in [1.29, 1.82) is 0 Å². The molecule has 2 amide bonds. The highest BCUT2D eigenvalue weighted by molar-refractivity contribution is 5.74. The van der Waals surface area contributed by atoms with Crippen LogP contribution < -0.4 is 10.1 Å². The van der Waals surface area contributed by atoms with Crippen molar-refractivity contribution in [1.82, 2.24) is 20.0 Å². The Kier molecular flexibility index (Phi) is 7.34. The zero-order valence-electron chi connectivity index (χ0n) is 15.1. The molecule has 1 aromatic rings. The van der Waals surface area contributed by atoms with E-state index in [1.54, 1.807) is 7.11 Å². The van der Waals surface area contributed by atoms with Gasteiger partial charge in [-0.2, -0.15) is 0 Å². The molecule has 0 bridgehead atoms. The maximum Gasteiger partial charge on any atom is 0.317 e. The van der Waals surface area contributed by atoms with Gasteiger partial charge >= 0.3 is 6.03 Å². The summed E-state index contributed by atoms with van der Waals surface area (Å²) in [6.45, 7) is 6.25. The van der Waals surface area contributed by atoms with Crippen LogP contribution in [-0.4, -0.2) is 87.7 Å². The molecule has 1 fully saturated rings. The van der Waals surface area contributed by atoms with Crippen LogP contribution in [0.5, 0.6) is 5.75 Å². The van der Waals surface area contributed by atoms with Gasteiger partial charge in [0.2, 0.25) is 0 Å². The van der Waals surface area contributed by atoms with Crippen LogP contribution in [0, 0.1) is 0 Å². The lowest BCUT2D eigenvalue weighted by atomic mass is 10.1. The summed E-state index contributed by atoms with van der Waals surface area (Å²) in [6.07, 6.45) is 0.776. The molecular weight excluding hydrogens is 304 g/mol. The first kappa shape index (κ1) is 18.5. The van der Waals surface area contributed by atoms with E-state index in [1.807, 2.05) is 29.2 Å². The van der Waals surface area contributed by atoms with Gasteiger partial charge in [0, 0.05) is 45.8 Å². The summed E-state index contributed by atoms with van der Waals surface area (Å²) in [7, 11) is 5.85. The third-order valence-electron chi connectivity index (χ3n) is 4.39. The standard InChI is InChI=1S/C18H30N4O2/c1-20(2)10-11-21-12-14-22(15-13-21)18(23)19-9-8-16-6-4-5-7-17(16)24-3/h4-7H,8-15H2,1-3H3,(H,19,23). The summed E-state index contributed by atoms with van der Waals surface area (Å²) in [6, 6.07) is 7.97. The molecule has 0 unspecified atom stereocenters. The molecule has 0 atom stereocenters. The number of piperazine rings is 1. The summed E-state index contributed by atoms with van der Waals surface area (Å²) >= 11 is 0. The van der Waals surface area contributed by atoms with E-state index >= 15 is 0 Å². The third-order valence-corrected chi connectivity index (χ3v) is 4.39. The van der Waals surface area contributed by atoms with E-state index in [9.17, 15) is 4.79 Å². The van der Waals surface area contributed by atoms with Crippen molar-refractivity contribution < 1.29 is 9.53 Å². The first-order valence-electron chi connectivity index (χ1n) is 8.62. The molecule has 134 valence electrons. The van der Waals surface area contributed by atoms with Crippen LogP contribution in [-0.2, 0) is 6.42 Å². The SMILES string of the molecule is COc1ccccc1CCNC(=O)N1CCN(CCN(C)C)CC1. The highest BCUT2D eigenvalue weighted by atomic mass is 16.5. The Bertz CT molecular complexity index is 513. The highest BCUT2D eigenvalue weighted by Gasteiger charge is 2.20. The Morgan fingerprint density at radius 1 is 1.21 bits per heavy atom. The first-order valence-corrected chi connectivity index (χ1v) is 8.62. The number of urea groups is 1. The monoisotopic (exact) mass is 334 g/mol. The number of para-hydroxylation sites is 1. The molecule has 0 spiro atoms. The molecule has 0 saturated carbocycles. The van der Waals surface area contributed by atoms with Crippen LogP contribution in [0.2, 0.25) is 0 Å². The predicted molar refractivity (Wildman–Crippen MR) is 96.7 cm³/mol. The van der Waals surface area contributed by atoms with Crippen molar-refractivity contribution in [2.24, 2.45) is 0 Å². The van der Waals surface area contributed by atoms with Crippen LogP contribution >= 0.6 is 0 Å². The molecule has 0 aliphatic carbocycles. The minimum Gasteiger partial charge on any atom is -0.496 e. The average molecular weight is 334 g/mol. The van der Waals surface area contributed by atoms with Crippen LogP contribution in [0.4, 0.5) is 4.79 Å². The van der Waals surface area contributed by atoms with Gasteiger partial charge in [-0.15, -0.1) is 0 Å². The second-order valence-corrected chi connectivity index (χ2v) is 6.43. The highest BCUT2D eigenvalue weighted by Crippen LogP contribution is 2.17. The Hall–Kier alpha value is -1.79. The van der Waals surface area contributed by atoms with Gasteiger partial charge in [0.05, 0.1) is 7.11 Å². The molecule has 1 aromatic carbocycles. The largest absolute Gasteiger partial charge is 0.496 e. The van der Waals surface area contributed by atoms with E-state index in [2.05, 4.69) is 29.2 Å². The summed E-state index contributed by atoms with van der Waals surface area (Å²) < 4.78 is 5.34. The van der Waals surface area contributed by atoms with E-state index in [4.69, 9.17) is 4.74 Å². The fourth-order valence-corrected chi connectivity index (χ4v) is 2.84. The lowest BCUT2D eigenvalue weighted by molar-refractivity contribution is 0.133. The number of hydrogen-bond donors (Lipinski definition) is 1. The van der Waals surface area contributed by atoms with Crippen molar-refractivity contribution in [2.45, 2.75) is 6.42 Å². The minimum absolute atomic E-state index is 0.0390. The number of likely N-dealkylation sites (N-methyl/N-ethyl adjacent to an activating group) is 1. The Labute approximate surface area is 145 Å². The van der Waals surface area contributed by atoms with Gasteiger partial charge in [0.1, 0.15) is 5.75 Å². The van der Waals surface area contributed by atoms with E-state index in [0.717, 1.165) is 57.0 Å². The first-order chi connectivity index (χ1) is 11.6. The molecule has 1 aliphatic heterocycles. The van der Waals surface area contributed by atoms with Crippen molar-refractivity contribution >= 4 is 6.03 Å². The normalized spacial score (nSPS) is 15.6. The van der Waals surface area contributed by atoms with Gasteiger partial charge < -0.3 is 19.9 Å². The number of benzene rings is 1. The fraction of sp³-hybridized carbons (Fsp3) is 0.611. The van der Waals surface area contributed by atoms with Crippen LogP contribution in [0.25, 0.3) is 0 Å². The fourth-order valence-electron chi connectivity index (χ4n) is 2.84. The second kappa shape index (κ2) is 9.49. The van der Waals surface area contributed by atoms with E-state index < -0.39 is 0 Å². The number of methoxy groups -OCH3 is 1. The smallest absolute Gasteiger partial charge is 0.317 e. The summed E-state index contributed by atoms with van der Waals surface area (Å²) in [5.41, 5.74) is 1.12. The summed E-state index contributed by atoms with van der Waals surface area (Å²) in [5, 5.41) is 3.02. The number of nitrogens with zero attached hydrogens (tertiary/aromatic N) is 3. The summed E-state index contributed by atoms with van der Waals surface area (Å²) in [4.78, 5) is 18.8. The Morgan fingerprint density at radius 3 is 2.58 bits per heavy atom. The van der Waals surface area contributed by atoms with Crippen molar-refractivity contribution in [3.05, 3.63) is 29.8 Å². The predicted octanol–water partition coefficient (Wildman–Crippen LogP) is 1.13. The van der Waals surface area contributed by atoms with Crippen molar-refractivity contribution in [3.63, 3.8) is 0 Å². The number of carbonyl (C=O) groups is 1. The number of ether oxygens (including phenoxy) is 1. The average Bonchev–Trinajstić information content (AvgIpc) is 2.60. The van der Waals surface area contributed by atoms with Gasteiger partial charge in [-0.25, -0.2) is 4.79 Å². The molecular formula is C18H30N4O2. The molecule has 6 nitrogen and oxygen atoms in total. The molecule has 0 aromatic heterocycles. The van der Waals surface area contributed by atoms with Crippen molar-refractivity contribution in [2.75, 3.05) is 67.0 Å². The molecule has 1 heterocycles. The summed E-state index contributed by atoms with van der Waals surface area (Å²) in [5.74, 6) is 0.876. The van der Waals surface area contributed by atoms with Gasteiger partial charge in [-0.3, -0.25) is 4.90 Å². The van der Waals surface area contributed by atoms with Crippen molar-refractivity contribution in [3.8, 4) is 5.75 Å². The lowest BCUT2D eigenvalue weighted by Crippen LogP contribution is -2.52. The number of amides is 2. The van der Waals surface area contributed by atoms with Crippen LogP contribution in [0.3, 0.4) is 0 Å². The molecule has 1 aliphatic rings. The molecule has 2 rings (SSSR count). The number of carbonyl (C=O) groups excluding carboxylic acids is 1. The molecule has 0 radical (unpaired) electrons. The number of rotatable bonds is 7. The zero-order chi connectivity index (χ0) is 17.4. The quantitative estimate of drug-likeness (QED) is 0.812. The van der Waals surface area contributed by atoms with Crippen LogP contribution in [0.15, 0.2) is 24.3 Å². The minimum atomic E-state index is 0.0390. The maximum atomic E-state index is 12.3. The van der Waals surface area contributed by atoms with Gasteiger partial charge in [-0.1, -0.05) is 18.2 Å². The van der Waals surface area contributed by atoms with Gasteiger partial charge in [0.25, 0.3) is 0 Å². The lowest BCUT2D eigenvalue weighted by Gasteiger charge is -2.35.